The molecule has 9 heteroatoms. The number of likely N-dealkylation sites (N-methyl/N-ethyl adjacent to an activating group) is 1. The Morgan fingerprint density at radius 1 is 1.29 bits per heavy atom. The van der Waals surface area contributed by atoms with E-state index in [2.05, 4.69) is 20.9 Å². The molecule has 2 aromatic rings. The van der Waals surface area contributed by atoms with Crippen LogP contribution in [0, 0.1) is 5.92 Å². The number of hydrogen-bond donors (Lipinski definition) is 1. The van der Waals surface area contributed by atoms with E-state index in [1.165, 1.54) is 16.2 Å². The SMILES string of the molecule is C[C@@H]1CN([C@@H](C)CO)S(=O)(=O)c2ccc(C3=CCCC3)cc2O[C@H]1CN(C)Cc1cncnc1. The Morgan fingerprint density at radius 3 is 2.74 bits per heavy atom. The number of aliphatic hydroxyl groups excluding tert-OH is 1. The molecule has 0 unspecified atom stereocenters. The summed E-state index contributed by atoms with van der Waals surface area (Å²) in [5.41, 5.74) is 3.24. The van der Waals surface area contributed by atoms with Gasteiger partial charge in [-0.25, -0.2) is 18.4 Å². The van der Waals surface area contributed by atoms with Gasteiger partial charge < -0.3 is 9.84 Å². The number of nitrogens with zero attached hydrogens (tertiary/aromatic N) is 4. The van der Waals surface area contributed by atoms with Crippen molar-refractivity contribution in [2.45, 2.75) is 56.7 Å². The molecular weight excluding hydrogens is 452 g/mol. The third-order valence-corrected chi connectivity index (χ3v) is 8.66. The van der Waals surface area contributed by atoms with Gasteiger partial charge in [0.1, 0.15) is 23.1 Å². The van der Waals surface area contributed by atoms with Crippen molar-refractivity contribution in [2.75, 3.05) is 26.7 Å². The first kappa shape index (κ1) is 24.8. The van der Waals surface area contributed by atoms with Crippen molar-refractivity contribution >= 4 is 15.6 Å². The molecule has 0 spiro atoms. The lowest BCUT2D eigenvalue weighted by Gasteiger charge is -2.37. The van der Waals surface area contributed by atoms with E-state index in [-0.39, 0.29) is 30.1 Å². The second-order valence-electron chi connectivity index (χ2n) is 9.47. The maximum absolute atomic E-state index is 13.6. The van der Waals surface area contributed by atoms with E-state index < -0.39 is 16.1 Å². The van der Waals surface area contributed by atoms with Crippen molar-refractivity contribution < 1.29 is 18.3 Å². The zero-order valence-electron chi connectivity index (χ0n) is 20.1. The summed E-state index contributed by atoms with van der Waals surface area (Å²) in [6.07, 6.45) is 10.2. The first-order chi connectivity index (χ1) is 16.3. The fourth-order valence-corrected chi connectivity index (χ4v) is 6.50. The largest absolute Gasteiger partial charge is 0.487 e. The van der Waals surface area contributed by atoms with Gasteiger partial charge in [-0.3, -0.25) is 4.90 Å². The van der Waals surface area contributed by atoms with E-state index in [1.54, 1.807) is 25.4 Å². The molecule has 1 N–H and O–H groups in total. The molecule has 1 aliphatic carbocycles. The smallest absolute Gasteiger partial charge is 0.247 e. The highest BCUT2D eigenvalue weighted by Crippen LogP contribution is 2.37. The van der Waals surface area contributed by atoms with Gasteiger partial charge in [-0.2, -0.15) is 4.31 Å². The molecule has 4 rings (SSSR count). The van der Waals surface area contributed by atoms with Gasteiger partial charge in [-0.05, 0) is 56.5 Å². The first-order valence-electron chi connectivity index (χ1n) is 11.8. The minimum absolute atomic E-state index is 0.0965. The summed E-state index contributed by atoms with van der Waals surface area (Å²) in [6, 6.07) is 4.88. The highest BCUT2D eigenvalue weighted by Gasteiger charge is 2.38. The summed E-state index contributed by atoms with van der Waals surface area (Å²) in [6.45, 7) is 5.02. The fraction of sp³-hybridized carbons (Fsp3) is 0.520. The molecule has 2 heterocycles. The van der Waals surface area contributed by atoms with Gasteiger partial charge in [0.15, 0.2) is 0 Å². The highest BCUT2D eigenvalue weighted by molar-refractivity contribution is 7.89. The Bertz CT molecular complexity index is 1120. The summed E-state index contributed by atoms with van der Waals surface area (Å²) in [7, 11) is -1.82. The Hall–Kier alpha value is -2.33. The molecule has 1 aliphatic heterocycles. The summed E-state index contributed by atoms with van der Waals surface area (Å²) in [5, 5.41) is 9.81. The summed E-state index contributed by atoms with van der Waals surface area (Å²) >= 11 is 0. The van der Waals surface area contributed by atoms with Gasteiger partial charge in [0.25, 0.3) is 0 Å². The molecule has 8 nitrogen and oxygen atoms in total. The normalized spacial score (nSPS) is 23.5. The summed E-state index contributed by atoms with van der Waals surface area (Å²) in [4.78, 5) is 10.5. The van der Waals surface area contributed by atoms with E-state index >= 15 is 0 Å². The lowest BCUT2D eigenvalue weighted by Crippen LogP contribution is -2.49. The molecule has 2 aliphatic rings. The number of sulfonamides is 1. The van der Waals surface area contributed by atoms with Crippen LogP contribution in [0.15, 0.2) is 47.9 Å². The second kappa shape index (κ2) is 10.5. The van der Waals surface area contributed by atoms with Gasteiger partial charge in [-0.1, -0.05) is 19.1 Å². The molecule has 0 radical (unpaired) electrons. The number of benzene rings is 1. The summed E-state index contributed by atoms with van der Waals surface area (Å²) in [5.74, 6) is 0.286. The van der Waals surface area contributed by atoms with Gasteiger partial charge in [-0.15, -0.1) is 0 Å². The molecule has 34 heavy (non-hydrogen) atoms. The number of aliphatic hydroxyl groups is 1. The lowest BCUT2D eigenvalue weighted by atomic mass is 10.0. The monoisotopic (exact) mass is 486 g/mol. The zero-order chi connectivity index (χ0) is 24.3. The van der Waals surface area contributed by atoms with Crippen LogP contribution in [0.25, 0.3) is 5.57 Å². The zero-order valence-corrected chi connectivity index (χ0v) is 20.9. The molecule has 0 bridgehead atoms. The molecule has 0 saturated heterocycles. The molecule has 1 aromatic heterocycles. The molecule has 3 atom stereocenters. The van der Waals surface area contributed by atoms with Crippen molar-refractivity contribution in [1.82, 2.24) is 19.2 Å². The number of ether oxygens (including phenoxy) is 1. The van der Waals surface area contributed by atoms with Crippen LogP contribution >= 0.6 is 0 Å². The minimum Gasteiger partial charge on any atom is -0.487 e. The Kier molecular flexibility index (Phi) is 7.67. The fourth-order valence-electron chi connectivity index (χ4n) is 4.67. The molecule has 1 aromatic carbocycles. The Balaban J connectivity index is 1.69. The van der Waals surface area contributed by atoms with Crippen LogP contribution in [-0.2, 0) is 16.6 Å². The van der Waals surface area contributed by atoms with E-state index in [0.717, 1.165) is 30.4 Å². The lowest BCUT2D eigenvalue weighted by molar-refractivity contribution is 0.0733. The minimum atomic E-state index is -3.83. The Morgan fingerprint density at radius 2 is 2.06 bits per heavy atom. The first-order valence-corrected chi connectivity index (χ1v) is 13.3. The van der Waals surface area contributed by atoms with Crippen molar-refractivity contribution in [2.24, 2.45) is 5.92 Å². The van der Waals surface area contributed by atoms with Gasteiger partial charge in [0, 0.05) is 49.6 Å². The van der Waals surface area contributed by atoms with Crippen LogP contribution in [0.2, 0.25) is 0 Å². The molecule has 184 valence electrons. The average molecular weight is 487 g/mol. The third-order valence-electron chi connectivity index (χ3n) is 6.64. The van der Waals surface area contributed by atoms with Crippen molar-refractivity contribution in [1.29, 1.82) is 0 Å². The van der Waals surface area contributed by atoms with E-state index in [0.29, 0.717) is 18.8 Å². The maximum Gasteiger partial charge on any atom is 0.247 e. The predicted molar refractivity (Wildman–Crippen MR) is 131 cm³/mol. The van der Waals surface area contributed by atoms with Crippen LogP contribution in [0.1, 0.15) is 44.2 Å². The maximum atomic E-state index is 13.6. The molecule has 0 saturated carbocycles. The van der Waals surface area contributed by atoms with Gasteiger partial charge in [0.05, 0.1) is 6.61 Å². The van der Waals surface area contributed by atoms with E-state index in [4.69, 9.17) is 4.74 Å². The van der Waals surface area contributed by atoms with Crippen molar-refractivity contribution in [3.63, 3.8) is 0 Å². The predicted octanol–water partition coefficient (Wildman–Crippen LogP) is 2.94. The van der Waals surface area contributed by atoms with Gasteiger partial charge in [0.2, 0.25) is 10.0 Å². The van der Waals surface area contributed by atoms with Crippen molar-refractivity contribution in [3.05, 3.63) is 54.1 Å². The van der Waals surface area contributed by atoms with Crippen molar-refractivity contribution in [3.8, 4) is 5.75 Å². The number of hydrogen-bond acceptors (Lipinski definition) is 7. The topological polar surface area (TPSA) is 95.9 Å². The van der Waals surface area contributed by atoms with E-state index in [1.807, 2.05) is 26.1 Å². The average Bonchev–Trinajstić information content (AvgIpc) is 3.36. The number of aromatic nitrogens is 2. The van der Waals surface area contributed by atoms with Crippen LogP contribution in [-0.4, -0.2) is 71.6 Å². The standard InChI is InChI=1S/C25H34N4O4S/c1-18-13-29(19(2)16-30)34(31,32)25-9-8-22(21-6-4-5-7-21)10-23(25)33-24(18)15-28(3)14-20-11-26-17-27-12-20/h6,8-12,17-19,24,30H,4-5,7,13-16H2,1-3H3/t18-,19+,24+/m1/s1. The second-order valence-corrected chi connectivity index (χ2v) is 11.3. The number of rotatable bonds is 7. The van der Waals surface area contributed by atoms with Crippen LogP contribution < -0.4 is 4.74 Å². The molecule has 0 fully saturated rings. The van der Waals surface area contributed by atoms with Crippen LogP contribution in [0.5, 0.6) is 5.75 Å². The number of fused-ring (bicyclic) bond motifs is 1. The van der Waals surface area contributed by atoms with Gasteiger partial charge >= 0.3 is 0 Å². The molecular formula is C25H34N4O4S. The quantitative estimate of drug-likeness (QED) is 0.643. The third kappa shape index (κ3) is 5.33. The van der Waals surface area contributed by atoms with Crippen LogP contribution in [0.3, 0.4) is 0 Å². The Labute approximate surface area is 202 Å². The number of allylic oxidation sites excluding steroid dienone is 2. The molecule has 0 amide bonds. The summed E-state index contributed by atoms with van der Waals surface area (Å²) < 4.78 is 35.2. The highest BCUT2D eigenvalue weighted by atomic mass is 32.2. The van der Waals surface area contributed by atoms with E-state index in [9.17, 15) is 13.5 Å². The van der Waals surface area contributed by atoms with Crippen LogP contribution in [0.4, 0.5) is 0 Å².